The average Bonchev–Trinajstić information content (AvgIpc) is 2.45. The highest BCUT2D eigenvalue weighted by Crippen LogP contribution is 2.19. The number of halogens is 1. The minimum atomic E-state index is -3.43. The van der Waals surface area contributed by atoms with Crippen LogP contribution in [0.2, 0.25) is 5.15 Å². The van der Waals surface area contributed by atoms with Gasteiger partial charge in [0, 0.05) is 6.20 Å². The molecule has 90 valence electrons. The number of hydrogen-bond acceptors (Lipinski definition) is 3. The van der Waals surface area contributed by atoms with Crippen molar-refractivity contribution in [2.75, 3.05) is 6.26 Å². The summed E-state index contributed by atoms with van der Waals surface area (Å²) in [6, 6.07) is 1.46. The van der Waals surface area contributed by atoms with Gasteiger partial charge in [-0.15, -0.1) is 0 Å². The topological polar surface area (TPSA) is 76.4 Å². The van der Waals surface area contributed by atoms with Crippen LogP contribution in [-0.2, 0) is 21.2 Å². The zero-order valence-corrected chi connectivity index (χ0v) is 10.4. The molecule has 16 heavy (non-hydrogen) atoms. The third kappa shape index (κ3) is 2.99. The fraction of sp³-hybridized carbons (Fsp3) is 0.444. The monoisotopic (exact) mass is 265 g/mol. The van der Waals surface area contributed by atoms with Gasteiger partial charge in [-0.05, 0) is 18.1 Å². The molecule has 0 aliphatic heterocycles. The molecule has 5 nitrogen and oxygen atoms in total. The van der Waals surface area contributed by atoms with Gasteiger partial charge in [0.05, 0.1) is 12.2 Å². The van der Waals surface area contributed by atoms with E-state index in [-0.39, 0.29) is 11.6 Å². The van der Waals surface area contributed by atoms with Crippen molar-refractivity contribution in [3.63, 3.8) is 0 Å². The summed E-state index contributed by atoms with van der Waals surface area (Å²) >= 11 is 5.73. The fourth-order valence-electron chi connectivity index (χ4n) is 1.27. The van der Waals surface area contributed by atoms with Crippen molar-refractivity contribution in [1.82, 2.24) is 3.97 Å². The van der Waals surface area contributed by atoms with Gasteiger partial charge >= 0.3 is 5.97 Å². The maximum absolute atomic E-state index is 11.2. The number of rotatable bonds is 4. The summed E-state index contributed by atoms with van der Waals surface area (Å²) in [6.45, 7) is 1.55. The van der Waals surface area contributed by atoms with Crippen LogP contribution in [0.4, 0.5) is 0 Å². The summed E-state index contributed by atoms with van der Waals surface area (Å²) < 4.78 is 23.4. The number of hydrogen-bond donors (Lipinski definition) is 1. The van der Waals surface area contributed by atoms with Gasteiger partial charge in [-0.3, -0.25) is 4.79 Å². The van der Waals surface area contributed by atoms with Gasteiger partial charge in [0.2, 0.25) is 10.0 Å². The maximum Gasteiger partial charge on any atom is 0.306 e. The number of aliphatic carboxylic acids is 1. The van der Waals surface area contributed by atoms with Gasteiger partial charge < -0.3 is 5.11 Å². The molecule has 1 rings (SSSR count). The maximum atomic E-state index is 11.2. The van der Waals surface area contributed by atoms with Gasteiger partial charge in [-0.1, -0.05) is 18.5 Å². The standard InChI is InChI=1S/C9H12ClNO4S/c1-6(9(12)13)3-7-4-8(10)11(5-7)16(2,14)15/h4-6H,3H2,1-2H3,(H,12,13). The molecule has 7 heteroatoms. The van der Waals surface area contributed by atoms with Gasteiger partial charge in [0.25, 0.3) is 0 Å². The van der Waals surface area contributed by atoms with Crippen molar-refractivity contribution in [2.24, 2.45) is 5.92 Å². The predicted molar refractivity (Wildman–Crippen MR) is 60.2 cm³/mol. The zero-order valence-electron chi connectivity index (χ0n) is 8.84. The molecule has 1 aromatic rings. The number of nitrogens with zero attached hydrogens (tertiary/aromatic N) is 1. The van der Waals surface area contributed by atoms with E-state index in [1.54, 1.807) is 6.92 Å². The third-order valence-electron chi connectivity index (χ3n) is 2.12. The van der Waals surface area contributed by atoms with E-state index in [4.69, 9.17) is 16.7 Å². The smallest absolute Gasteiger partial charge is 0.306 e. The number of carbonyl (C=O) groups is 1. The lowest BCUT2D eigenvalue weighted by molar-refractivity contribution is -0.141. The van der Waals surface area contributed by atoms with Crippen LogP contribution in [0.15, 0.2) is 12.3 Å². The predicted octanol–water partition coefficient (Wildman–Crippen LogP) is 1.21. The molecular formula is C9H12ClNO4S. The van der Waals surface area contributed by atoms with Crippen LogP contribution >= 0.6 is 11.6 Å². The third-order valence-corrected chi connectivity index (χ3v) is 3.53. The zero-order chi connectivity index (χ0) is 12.5. The van der Waals surface area contributed by atoms with E-state index in [9.17, 15) is 13.2 Å². The summed E-state index contributed by atoms with van der Waals surface area (Å²) in [5, 5.41) is 8.79. The SMILES string of the molecule is CC(Cc1cc(Cl)n(S(C)(=O)=O)c1)C(=O)O. The second kappa shape index (κ2) is 4.47. The normalized spacial score (nSPS) is 13.7. The van der Waals surface area contributed by atoms with E-state index in [1.807, 2.05) is 0 Å². The second-order valence-electron chi connectivity index (χ2n) is 3.67. The van der Waals surface area contributed by atoms with Crippen LogP contribution in [0.1, 0.15) is 12.5 Å². The summed E-state index contributed by atoms with van der Waals surface area (Å²) in [5.41, 5.74) is 0.588. The molecule has 1 N–H and O–H groups in total. The van der Waals surface area contributed by atoms with Crippen LogP contribution in [0.3, 0.4) is 0 Å². The molecule has 1 unspecified atom stereocenters. The van der Waals surface area contributed by atoms with Crippen molar-refractivity contribution in [3.05, 3.63) is 23.0 Å². The van der Waals surface area contributed by atoms with E-state index >= 15 is 0 Å². The van der Waals surface area contributed by atoms with Crippen LogP contribution < -0.4 is 0 Å². The van der Waals surface area contributed by atoms with Crippen LogP contribution in [0, 0.1) is 5.92 Å². The molecule has 0 aliphatic rings. The molecule has 0 fully saturated rings. The van der Waals surface area contributed by atoms with Gasteiger partial charge in [-0.25, -0.2) is 12.4 Å². The Morgan fingerprint density at radius 2 is 2.19 bits per heavy atom. The second-order valence-corrected chi connectivity index (χ2v) is 5.92. The highest BCUT2D eigenvalue weighted by molar-refractivity contribution is 7.89. The Kier molecular flexibility index (Phi) is 3.64. The van der Waals surface area contributed by atoms with Crippen molar-refractivity contribution in [1.29, 1.82) is 0 Å². The molecule has 0 amide bonds. The summed E-state index contributed by atoms with van der Waals surface area (Å²) in [4.78, 5) is 10.6. The van der Waals surface area contributed by atoms with Crippen molar-refractivity contribution < 1.29 is 18.3 Å². The first-order chi connectivity index (χ1) is 7.21. The molecule has 0 radical (unpaired) electrons. The minimum Gasteiger partial charge on any atom is -0.481 e. The summed E-state index contributed by atoms with van der Waals surface area (Å²) in [6.07, 6.45) is 2.62. The molecule has 1 atom stereocenters. The fourth-order valence-corrected chi connectivity index (χ4v) is 2.53. The molecule has 0 bridgehead atoms. The lowest BCUT2D eigenvalue weighted by Gasteiger charge is -2.03. The molecule has 0 spiro atoms. The Balaban J connectivity index is 2.99. The Morgan fingerprint density at radius 3 is 2.56 bits per heavy atom. The van der Waals surface area contributed by atoms with Crippen molar-refractivity contribution in [2.45, 2.75) is 13.3 Å². The highest BCUT2D eigenvalue weighted by Gasteiger charge is 2.16. The lowest BCUT2D eigenvalue weighted by Crippen LogP contribution is -2.12. The van der Waals surface area contributed by atoms with E-state index in [2.05, 4.69) is 0 Å². The van der Waals surface area contributed by atoms with Crippen LogP contribution in [0.25, 0.3) is 0 Å². The molecular weight excluding hydrogens is 254 g/mol. The number of aromatic nitrogens is 1. The van der Waals surface area contributed by atoms with E-state index < -0.39 is 21.9 Å². The van der Waals surface area contributed by atoms with Crippen molar-refractivity contribution >= 4 is 27.6 Å². The van der Waals surface area contributed by atoms with Gasteiger partial charge in [0.15, 0.2) is 0 Å². The van der Waals surface area contributed by atoms with Gasteiger partial charge in [0.1, 0.15) is 5.15 Å². The molecule has 0 saturated heterocycles. The first-order valence-electron chi connectivity index (χ1n) is 4.52. The summed E-state index contributed by atoms with van der Waals surface area (Å²) in [5.74, 6) is -1.50. The van der Waals surface area contributed by atoms with E-state index in [1.165, 1.54) is 12.3 Å². The summed E-state index contributed by atoms with van der Waals surface area (Å²) in [7, 11) is -3.43. The van der Waals surface area contributed by atoms with Crippen molar-refractivity contribution in [3.8, 4) is 0 Å². The Bertz CT molecular complexity index is 506. The van der Waals surface area contributed by atoms with Crippen LogP contribution in [0.5, 0.6) is 0 Å². The molecule has 1 aromatic heterocycles. The number of carboxylic acid groups (broad SMARTS) is 1. The minimum absolute atomic E-state index is 0.0649. The molecule has 1 heterocycles. The lowest BCUT2D eigenvalue weighted by atomic mass is 10.0. The molecule has 0 saturated carbocycles. The first kappa shape index (κ1) is 13.1. The Hall–Kier alpha value is -1.01. The van der Waals surface area contributed by atoms with E-state index in [0.717, 1.165) is 10.2 Å². The quantitative estimate of drug-likeness (QED) is 0.888. The molecule has 0 aromatic carbocycles. The Labute approximate surface area is 98.7 Å². The first-order valence-corrected chi connectivity index (χ1v) is 6.74. The number of carboxylic acids is 1. The van der Waals surface area contributed by atoms with Crippen LogP contribution in [-0.4, -0.2) is 29.7 Å². The Morgan fingerprint density at radius 1 is 1.62 bits per heavy atom. The van der Waals surface area contributed by atoms with Gasteiger partial charge in [-0.2, -0.15) is 0 Å². The molecule has 0 aliphatic carbocycles. The largest absolute Gasteiger partial charge is 0.481 e. The average molecular weight is 266 g/mol. The highest BCUT2D eigenvalue weighted by atomic mass is 35.5. The van der Waals surface area contributed by atoms with E-state index in [0.29, 0.717) is 5.56 Å².